The Morgan fingerprint density at radius 3 is 2.46 bits per heavy atom. The van der Waals surface area contributed by atoms with E-state index >= 15 is 0 Å². The molecule has 128 valence electrons. The van der Waals surface area contributed by atoms with E-state index in [4.69, 9.17) is 14.2 Å². The topological polar surface area (TPSA) is 56.8 Å². The fraction of sp³-hybridized carbons (Fsp3) is 0.316. The highest BCUT2D eigenvalue weighted by molar-refractivity contribution is 5.94. The van der Waals surface area contributed by atoms with E-state index in [0.717, 1.165) is 11.3 Å². The maximum absolute atomic E-state index is 12.3. The standard InChI is InChI=1S/C19H23NO4/c1-5-23-18-12-13(2)6-11-17(18)24-14(3)19(21)20-15-7-9-16(22-4)10-8-15/h6-12,14H,5H2,1-4H3,(H,20,21)/t14-/m1/s1. The number of benzene rings is 2. The largest absolute Gasteiger partial charge is 0.497 e. The summed E-state index contributed by atoms with van der Waals surface area (Å²) in [6.45, 7) is 6.12. The number of rotatable bonds is 7. The van der Waals surface area contributed by atoms with Gasteiger partial charge in [0.2, 0.25) is 0 Å². The zero-order chi connectivity index (χ0) is 17.5. The number of amides is 1. The maximum atomic E-state index is 12.3. The van der Waals surface area contributed by atoms with Gasteiger partial charge in [0, 0.05) is 5.69 Å². The summed E-state index contributed by atoms with van der Waals surface area (Å²) < 4.78 is 16.4. The molecule has 5 nitrogen and oxygen atoms in total. The second kappa shape index (κ2) is 8.24. The SMILES string of the molecule is CCOc1cc(C)ccc1O[C@H](C)C(=O)Nc1ccc(OC)cc1. The molecule has 0 heterocycles. The fourth-order valence-electron chi connectivity index (χ4n) is 2.14. The minimum Gasteiger partial charge on any atom is -0.497 e. The minimum atomic E-state index is -0.658. The van der Waals surface area contributed by atoms with E-state index < -0.39 is 6.10 Å². The summed E-state index contributed by atoms with van der Waals surface area (Å²) in [6.07, 6.45) is -0.658. The Kier molecular flexibility index (Phi) is 6.07. The quantitative estimate of drug-likeness (QED) is 0.839. The highest BCUT2D eigenvalue weighted by atomic mass is 16.5. The van der Waals surface area contributed by atoms with Gasteiger partial charge in [-0.2, -0.15) is 0 Å². The lowest BCUT2D eigenvalue weighted by Gasteiger charge is -2.17. The van der Waals surface area contributed by atoms with Crippen molar-refractivity contribution in [2.24, 2.45) is 0 Å². The highest BCUT2D eigenvalue weighted by Crippen LogP contribution is 2.29. The molecule has 0 saturated heterocycles. The number of hydrogen-bond donors (Lipinski definition) is 1. The Labute approximate surface area is 142 Å². The van der Waals surface area contributed by atoms with Crippen molar-refractivity contribution < 1.29 is 19.0 Å². The minimum absolute atomic E-state index is 0.233. The van der Waals surface area contributed by atoms with Gasteiger partial charge in [-0.15, -0.1) is 0 Å². The number of ether oxygens (including phenoxy) is 3. The van der Waals surface area contributed by atoms with E-state index in [0.29, 0.717) is 23.8 Å². The second-order valence-corrected chi connectivity index (χ2v) is 5.36. The molecule has 0 bridgehead atoms. The predicted octanol–water partition coefficient (Wildman–Crippen LogP) is 3.81. The van der Waals surface area contributed by atoms with Gasteiger partial charge >= 0.3 is 0 Å². The number of carbonyl (C=O) groups is 1. The first-order valence-electron chi connectivity index (χ1n) is 7.88. The summed E-state index contributed by atoms with van der Waals surface area (Å²) in [7, 11) is 1.60. The molecule has 2 rings (SSSR count). The van der Waals surface area contributed by atoms with Crippen molar-refractivity contribution in [2.75, 3.05) is 19.0 Å². The molecule has 0 aliphatic rings. The van der Waals surface area contributed by atoms with Crippen LogP contribution in [0.15, 0.2) is 42.5 Å². The molecule has 0 aliphatic heterocycles. The Morgan fingerprint density at radius 1 is 1.12 bits per heavy atom. The number of nitrogens with one attached hydrogen (secondary N) is 1. The molecule has 1 N–H and O–H groups in total. The summed E-state index contributed by atoms with van der Waals surface area (Å²) in [5.74, 6) is 1.70. The Bertz CT molecular complexity index is 682. The van der Waals surface area contributed by atoms with Gasteiger partial charge in [0.15, 0.2) is 17.6 Å². The van der Waals surface area contributed by atoms with Crippen molar-refractivity contribution >= 4 is 11.6 Å². The van der Waals surface area contributed by atoms with E-state index in [1.54, 1.807) is 38.3 Å². The lowest BCUT2D eigenvalue weighted by atomic mass is 10.2. The third-order valence-electron chi connectivity index (χ3n) is 3.43. The molecule has 0 radical (unpaired) electrons. The maximum Gasteiger partial charge on any atom is 0.265 e. The molecule has 0 saturated carbocycles. The summed E-state index contributed by atoms with van der Waals surface area (Å²) in [4.78, 5) is 12.3. The first kappa shape index (κ1) is 17.7. The molecule has 1 atom stereocenters. The zero-order valence-corrected chi connectivity index (χ0v) is 14.5. The van der Waals surface area contributed by atoms with Gasteiger partial charge in [0.25, 0.3) is 5.91 Å². The van der Waals surface area contributed by atoms with Gasteiger partial charge in [0.05, 0.1) is 13.7 Å². The Balaban J connectivity index is 2.03. The first-order chi connectivity index (χ1) is 11.5. The van der Waals surface area contributed by atoms with E-state index in [9.17, 15) is 4.79 Å². The summed E-state index contributed by atoms with van der Waals surface area (Å²) in [5.41, 5.74) is 1.76. The van der Waals surface area contributed by atoms with Crippen LogP contribution in [0.3, 0.4) is 0 Å². The van der Waals surface area contributed by atoms with Gasteiger partial charge in [-0.1, -0.05) is 6.07 Å². The zero-order valence-electron chi connectivity index (χ0n) is 14.5. The molecular weight excluding hydrogens is 306 g/mol. The number of aryl methyl sites for hydroxylation is 1. The fourth-order valence-corrected chi connectivity index (χ4v) is 2.14. The molecule has 1 amide bonds. The van der Waals surface area contributed by atoms with Crippen LogP contribution < -0.4 is 19.5 Å². The molecule has 2 aromatic carbocycles. The average Bonchev–Trinajstić information content (AvgIpc) is 2.58. The smallest absolute Gasteiger partial charge is 0.265 e. The van der Waals surface area contributed by atoms with E-state index in [1.165, 1.54) is 0 Å². The van der Waals surface area contributed by atoms with Crippen LogP contribution in [0.5, 0.6) is 17.2 Å². The monoisotopic (exact) mass is 329 g/mol. The molecule has 0 spiro atoms. The Morgan fingerprint density at radius 2 is 1.83 bits per heavy atom. The van der Waals surface area contributed by atoms with Gasteiger partial charge < -0.3 is 19.5 Å². The third kappa shape index (κ3) is 4.65. The summed E-state index contributed by atoms with van der Waals surface area (Å²) >= 11 is 0. The highest BCUT2D eigenvalue weighted by Gasteiger charge is 2.17. The van der Waals surface area contributed by atoms with Crippen molar-refractivity contribution in [3.63, 3.8) is 0 Å². The Hall–Kier alpha value is -2.69. The molecule has 0 aromatic heterocycles. The van der Waals surface area contributed by atoms with Gasteiger partial charge in [-0.3, -0.25) is 4.79 Å². The van der Waals surface area contributed by atoms with Crippen LogP contribution in [-0.4, -0.2) is 25.7 Å². The molecule has 2 aromatic rings. The van der Waals surface area contributed by atoms with Crippen molar-refractivity contribution in [1.29, 1.82) is 0 Å². The number of methoxy groups -OCH3 is 1. The lowest BCUT2D eigenvalue weighted by Crippen LogP contribution is -2.30. The van der Waals surface area contributed by atoms with Crippen molar-refractivity contribution in [1.82, 2.24) is 0 Å². The normalized spacial score (nSPS) is 11.5. The number of hydrogen-bond acceptors (Lipinski definition) is 4. The third-order valence-corrected chi connectivity index (χ3v) is 3.43. The lowest BCUT2D eigenvalue weighted by molar-refractivity contribution is -0.122. The van der Waals surface area contributed by atoms with E-state index in [-0.39, 0.29) is 5.91 Å². The number of anilines is 1. The second-order valence-electron chi connectivity index (χ2n) is 5.36. The van der Waals surface area contributed by atoms with Crippen molar-refractivity contribution in [2.45, 2.75) is 26.9 Å². The predicted molar refractivity (Wildman–Crippen MR) is 94.1 cm³/mol. The number of carbonyl (C=O) groups excluding carboxylic acids is 1. The average molecular weight is 329 g/mol. The van der Waals surface area contributed by atoms with Gasteiger partial charge in [-0.05, 0) is 62.7 Å². The van der Waals surface area contributed by atoms with Crippen LogP contribution in [0.4, 0.5) is 5.69 Å². The van der Waals surface area contributed by atoms with Gasteiger partial charge in [-0.25, -0.2) is 0 Å². The van der Waals surface area contributed by atoms with Gasteiger partial charge in [0.1, 0.15) is 5.75 Å². The molecular formula is C19H23NO4. The summed E-state index contributed by atoms with van der Waals surface area (Å²) in [6, 6.07) is 12.8. The molecule has 0 fully saturated rings. The van der Waals surface area contributed by atoms with Crippen LogP contribution in [0.1, 0.15) is 19.4 Å². The molecule has 0 aliphatic carbocycles. The van der Waals surface area contributed by atoms with Crippen LogP contribution in [0.25, 0.3) is 0 Å². The van der Waals surface area contributed by atoms with Crippen LogP contribution in [0, 0.1) is 6.92 Å². The van der Waals surface area contributed by atoms with Crippen LogP contribution in [0.2, 0.25) is 0 Å². The van der Waals surface area contributed by atoms with E-state index in [2.05, 4.69) is 5.32 Å². The first-order valence-corrected chi connectivity index (χ1v) is 7.88. The van der Waals surface area contributed by atoms with Crippen LogP contribution >= 0.6 is 0 Å². The van der Waals surface area contributed by atoms with Crippen molar-refractivity contribution in [3.05, 3.63) is 48.0 Å². The molecule has 5 heteroatoms. The molecule has 0 unspecified atom stereocenters. The van der Waals surface area contributed by atoms with E-state index in [1.807, 2.05) is 32.0 Å². The van der Waals surface area contributed by atoms with Crippen LogP contribution in [-0.2, 0) is 4.79 Å². The molecule has 24 heavy (non-hydrogen) atoms. The van der Waals surface area contributed by atoms with Crippen molar-refractivity contribution in [3.8, 4) is 17.2 Å². The summed E-state index contributed by atoms with van der Waals surface area (Å²) in [5, 5.41) is 2.82.